The maximum absolute atomic E-state index is 11.3. The molecule has 17 heavy (non-hydrogen) atoms. The Kier molecular flexibility index (Phi) is 6.55. The van der Waals surface area contributed by atoms with Crippen LogP contribution in [0.1, 0.15) is 19.8 Å². The molecular weight excluding hydrogens is 234 g/mol. The summed E-state index contributed by atoms with van der Waals surface area (Å²) in [4.78, 5) is 12.5. The van der Waals surface area contributed by atoms with Gasteiger partial charge in [-0.2, -0.15) is 0 Å². The molecule has 0 bridgehead atoms. The number of benzene rings is 1. The maximum Gasteiger partial charge on any atom is 0.220 e. The number of amides is 1. The van der Waals surface area contributed by atoms with Crippen molar-refractivity contribution in [2.75, 3.05) is 19.4 Å². The molecule has 4 heteroatoms. The van der Waals surface area contributed by atoms with Crippen LogP contribution < -0.4 is 10.1 Å². The van der Waals surface area contributed by atoms with Crippen LogP contribution >= 0.6 is 11.8 Å². The minimum Gasteiger partial charge on any atom is -0.497 e. The summed E-state index contributed by atoms with van der Waals surface area (Å²) in [6, 6.07) is 7.87. The SMILES string of the molecule is CCCNC(=O)CCSc1ccc(OC)cc1. The Labute approximate surface area is 107 Å². The van der Waals surface area contributed by atoms with E-state index >= 15 is 0 Å². The Morgan fingerprint density at radius 3 is 2.65 bits per heavy atom. The number of rotatable bonds is 7. The first kappa shape index (κ1) is 13.9. The predicted molar refractivity (Wildman–Crippen MR) is 71.6 cm³/mol. The molecule has 0 atom stereocenters. The molecule has 1 N–H and O–H groups in total. The van der Waals surface area contributed by atoms with E-state index in [0.717, 1.165) is 29.4 Å². The molecule has 0 aliphatic heterocycles. The van der Waals surface area contributed by atoms with Crippen LogP contribution in [0.15, 0.2) is 29.2 Å². The van der Waals surface area contributed by atoms with E-state index in [1.54, 1.807) is 18.9 Å². The van der Waals surface area contributed by atoms with Crippen LogP contribution in [0, 0.1) is 0 Å². The van der Waals surface area contributed by atoms with Gasteiger partial charge in [0, 0.05) is 23.6 Å². The van der Waals surface area contributed by atoms with E-state index in [4.69, 9.17) is 4.74 Å². The van der Waals surface area contributed by atoms with Crippen LogP contribution in [0.3, 0.4) is 0 Å². The lowest BCUT2D eigenvalue weighted by molar-refractivity contribution is -0.120. The molecule has 3 nitrogen and oxygen atoms in total. The van der Waals surface area contributed by atoms with E-state index < -0.39 is 0 Å². The molecule has 1 aromatic rings. The molecule has 0 aromatic heterocycles. The zero-order chi connectivity index (χ0) is 12.5. The summed E-state index contributed by atoms with van der Waals surface area (Å²) >= 11 is 1.69. The van der Waals surface area contributed by atoms with Gasteiger partial charge in [0.25, 0.3) is 0 Å². The fourth-order valence-electron chi connectivity index (χ4n) is 1.29. The van der Waals surface area contributed by atoms with Crippen molar-refractivity contribution < 1.29 is 9.53 Å². The third-order valence-corrected chi connectivity index (χ3v) is 3.24. The second-order valence-corrected chi connectivity index (χ2v) is 4.79. The lowest BCUT2D eigenvalue weighted by Gasteiger charge is -2.04. The lowest BCUT2D eigenvalue weighted by atomic mass is 10.3. The Bertz CT molecular complexity index is 338. The summed E-state index contributed by atoms with van der Waals surface area (Å²) in [5.74, 6) is 1.80. The van der Waals surface area contributed by atoms with Crippen molar-refractivity contribution in [3.63, 3.8) is 0 Å². The Morgan fingerprint density at radius 1 is 1.35 bits per heavy atom. The number of thioether (sulfide) groups is 1. The zero-order valence-electron chi connectivity index (χ0n) is 10.4. The standard InChI is InChI=1S/C13H19NO2S/c1-3-9-14-13(15)8-10-17-12-6-4-11(16-2)5-7-12/h4-7H,3,8-10H2,1-2H3,(H,14,15). The number of carbonyl (C=O) groups is 1. The van der Waals surface area contributed by atoms with Crippen LogP contribution in [-0.4, -0.2) is 25.3 Å². The Morgan fingerprint density at radius 2 is 2.06 bits per heavy atom. The largest absolute Gasteiger partial charge is 0.497 e. The molecule has 0 saturated heterocycles. The molecule has 0 spiro atoms. The summed E-state index contributed by atoms with van der Waals surface area (Å²) in [5.41, 5.74) is 0. The highest BCUT2D eigenvalue weighted by atomic mass is 32.2. The fraction of sp³-hybridized carbons (Fsp3) is 0.462. The first-order chi connectivity index (χ1) is 8.26. The van der Waals surface area contributed by atoms with Crippen molar-refractivity contribution in [1.29, 1.82) is 0 Å². The molecule has 0 saturated carbocycles. The van der Waals surface area contributed by atoms with Gasteiger partial charge in [0.2, 0.25) is 5.91 Å². The van der Waals surface area contributed by atoms with Gasteiger partial charge in [-0.15, -0.1) is 11.8 Å². The van der Waals surface area contributed by atoms with Crippen molar-refractivity contribution in [2.45, 2.75) is 24.7 Å². The maximum atomic E-state index is 11.3. The van der Waals surface area contributed by atoms with E-state index in [0.29, 0.717) is 6.42 Å². The smallest absolute Gasteiger partial charge is 0.220 e. The van der Waals surface area contributed by atoms with Gasteiger partial charge in [-0.3, -0.25) is 4.79 Å². The van der Waals surface area contributed by atoms with E-state index in [1.165, 1.54) is 0 Å². The van der Waals surface area contributed by atoms with Gasteiger partial charge in [0.1, 0.15) is 5.75 Å². The third kappa shape index (κ3) is 5.63. The van der Waals surface area contributed by atoms with Gasteiger partial charge in [-0.25, -0.2) is 0 Å². The number of methoxy groups -OCH3 is 1. The molecule has 94 valence electrons. The van der Waals surface area contributed by atoms with Gasteiger partial charge < -0.3 is 10.1 Å². The number of carbonyl (C=O) groups excluding carboxylic acids is 1. The second-order valence-electron chi connectivity index (χ2n) is 3.62. The highest BCUT2D eigenvalue weighted by Crippen LogP contribution is 2.21. The minimum absolute atomic E-state index is 0.132. The molecule has 1 rings (SSSR count). The van der Waals surface area contributed by atoms with Crippen molar-refractivity contribution in [3.05, 3.63) is 24.3 Å². The van der Waals surface area contributed by atoms with Gasteiger partial charge in [-0.05, 0) is 30.7 Å². The first-order valence-electron chi connectivity index (χ1n) is 5.79. The highest BCUT2D eigenvalue weighted by Gasteiger charge is 2.01. The van der Waals surface area contributed by atoms with Crippen LogP contribution in [-0.2, 0) is 4.79 Å². The zero-order valence-corrected chi connectivity index (χ0v) is 11.2. The minimum atomic E-state index is 0.132. The lowest BCUT2D eigenvalue weighted by Crippen LogP contribution is -2.24. The van der Waals surface area contributed by atoms with Crippen LogP contribution in [0.25, 0.3) is 0 Å². The molecule has 0 fully saturated rings. The van der Waals surface area contributed by atoms with Crippen molar-refractivity contribution >= 4 is 17.7 Å². The first-order valence-corrected chi connectivity index (χ1v) is 6.78. The van der Waals surface area contributed by atoms with E-state index in [-0.39, 0.29) is 5.91 Å². The third-order valence-electron chi connectivity index (χ3n) is 2.23. The number of ether oxygens (including phenoxy) is 1. The van der Waals surface area contributed by atoms with Crippen molar-refractivity contribution in [1.82, 2.24) is 5.32 Å². The molecule has 0 radical (unpaired) electrons. The number of nitrogens with one attached hydrogen (secondary N) is 1. The molecule has 0 aliphatic rings. The highest BCUT2D eigenvalue weighted by molar-refractivity contribution is 7.99. The van der Waals surface area contributed by atoms with E-state index in [9.17, 15) is 4.79 Å². The van der Waals surface area contributed by atoms with Crippen LogP contribution in [0.5, 0.6) is 5.75 Å². The van der Waals surface area contributed by atoms with Gasteiger partial charge in [0.05, 0.1) is 7.11 Å². The average molecular weight is 253 g/mol. The summed E-state index contributed by atoms with van der Waals surface area (Å²) in [6.07, 6.45) is 1.55. The molecule has 0 aliphatic carbocycles. The number of hydrogen-bond acceptors (Lipinski definition) is 3. The average Bonchev–Trinajstić information content (AvgIpc) is 2.37. The Balaban J connectivity index is 2.23. The molecule has 1 aromatic carbocycles. The molecular formula is C13H19NO2S. The molecule has 0 unspecified atom stereocenters. The van der Waals surface area contributed by atoms with Crippen LogP contribution in [0.2, 0.25) is 0 Å². The summed E-state index contributed by atoms with van der Waals surface area (Å²) in [5, 5.41) is 2.86. The van der Waals surface area contributed by atoms with Gasteiger partial charge >= 0.3 is 0 Å². The molecule has 1 amide bonds. The predicted octanol–water partition coefficient (Wildman–Crippen LogP) is 2.70. The summed E-state index contributed by atoms with van der Waals surface area (Å²) in [7, 11) is 1.65. The monoisotopic (exact) mass is 253 g/mol. The quantitative estimate of drug-likeness (QED) is 0.759. The number of hydrogen-bond donors (Lipinski definition) is 1. The van der Waals surface area contributed by atoms with Crippen LogP contribution in [0.4, 0.5) is 0 Å². The molecule has 0 heterocycles. The van der Waals surface area contributed by atoms with Crippen molar-refractivity contribution in [3.8, 4) is 5.75 Å². The van der Waals surface area contributed by atoms with E-state index in [1.807, 2.05) is 31.2 Å². The fourth-order valence-corrected chi connectivity index (χ4v) is 2.14. The summed E-state index contributed by atoms with van der Waals surface area (Å²) in [6.45, 7) is 2.82. The van der Waals surface area contributed by atoms with Gasteiger partial charge in [0.15, 0.2) is 0 Å². The van der Waals surface area contributed by atoms with Gasteiger partial charge in [-0.1, -0.05) is 6.92 Å². The van der Waals surface area contributed by atoms with E-state index in [2.05, 4.69) is 5.32 Å². The Hall–Kier alpha value is -1.16. The van der Waals surface area contributed by atoms with Crippen molar-refractivity contribution in [2.24, 2.45) is 0 Å². The topological polar surface area (TPSA) is 38.3 Å². The normalized spacial score (nSPS) is 10.0. The summed E-state index contributed by atoms with van der Waals surface area (Å²) < 4.78 is 5.08. The second kappa shape index (κ2) is 8.01.